The molecule has 0 atom stereocenters. The molecule has 1 aromatic heterocycles. The van der Waals surface area contributed by atoms with Crippen molar-refractivity contribution in [2.75, 3.05) is 18.5 Å². The average molecular weight is 345 g/mol. The summed E-state index contributed by atoms with van der Waals surface area (Å²) in [5.41, 5.74) is 3.71. The summed E-state index contributed by atoms with van der Waals surface area (Å²) in [6.07, 6.45) is 3.53. The van der Waals surface area contributed by atoms with E-state index in [0.29, 0.717) is 12.2 Å². The third kappa shape index (κ3) is 4.70. The summed E-state index contributed by atoms with van der Waals surface area (Å²) in [6, 6.07) is 24.0. The fourth-order valence-electron chi connectivity index (χ4n) is 2.78. The van der Waals surface area contributed by atoms with Gasteiger partial charge in [0.25, 0.3) is 5.91 Å². The van der Waals surface area contributed by atoms with Crippen LogP contribution in [-0.2, 0) is 6.42 Å². The van der Waals surface area contributed by atoms with E-state index >= 15 is 0 Å². The van der Waals surface area contributed by atoms with Crippen LogP contribution < -0.4 is 10.2 Å². The number of pyridine rings is 1. The molecular formula is C22H23N3O. The first-order valence-electron chi connectivity index (χ1n) is 8.81. The molecule has 0 bridgehead atoms. The summed E-state index contributed by atoms with van der Waals surface area (Å²) in [5.74, 6) is -0.138. The van der Waals surface area contributed by atoms with Crippen LogP contribution in [0.3, 0.4) is 0 Å². The van der Waals surface area contributed by atoms with Crippen molar-refractivity contribution in [3.63, 3.8) is 0 Å². The Morgan fingerprint density at radius 1 is 0.962 bits per heavy atom. The molecule has 0 fully saturated rings. The molecule has 1 heterocycles. The third-order valence-electron chi connectivity index (χ3n) is 4.28. The molecule has 3 aromatic rings. The molecule has 3 rings (SSSR count). The minimum atomic E-state index is -0.138. The number of para-hydroxylation sites is 1. The molecule has 0 saturated heterocycles. The minimum absolute atomic E-state index is 0.138. The van der Waals surface area contributed by atoms with Crippen LogP contribution in [0.4, 0.5) is 11.4 Å². The van der Waals surface area contributed by atoms with Crippen molar-refractivity contribution in [3.05, 3.63) is 90.3 Å². The van der Waals surface area contributed by atoms with Gasteiger partial charge < -0.3 is 10.2 Å². The number of rotatable bonds is 7. The zero-order valence-electron chi connectivity index (χ0n) is 14.9. The normalized spacial score (nSPS) is 10.3. The molecule has 132 valence electrons. The quantitative estimate of drug-likeness (QED) is 0.652. The third-order valence-corrected chi connectivity index (χ3v) is 4.28. The Bertz CT molecular complexity index is 834. The van der Waals surface area contributed by atoms with Crippen molar-refractivity contribution >= 4 is 17.3 Å². The van der Waals surface area contributed by atoms with E-state index in [9.17, 15) is 4.79 Å². The van der Waals surface area contributed by atoms with Crippen LogP contribution in [0, 0.1) is 0 Å². The van der Waals surface area contributed by atoms with Gasteiger partial charge in [0.2, 0.25) is 0 Å². The first-order chi connectivity index (χ1) is 12.7. The number of nitrogens with zero attached hydrogens (tertiary/aromatic N) is 2. The molecular weight excluding hydrogens is 322 g/mol. The van der Waals surface area contributed by atoms with E-state index in [1.165, 1.54) is 5.56 Å². The highest BCUT2D eigenvalue weighted by molar-refractivity contribution is 5.93. The van der Waals surface area contributed by atoms with Crippen molar-refractivity contribution in [3.8, 4) is 0 Å². The van der Waals surface area contributed by atoms with Gasteiger partial charge >= 0.3 is 0 Å². The van der Waals surface area contributed by atoms with Gasteiger partial charge in [0.15, 0.2) is 0 Å². The van der Waals surface area contributed by atoms with E-state index in [-0.39, 0.29) is 5.91 Å². The first-order valence-corrected chi connectivity index (χ1v) is 8.81. The molecule has 1 N–H and O–H groups in total. The number of hydrogen-bond donors (Lipinski definition) is 1. The van der Waals surface area contributed by atoms with Crippen LogP contribution in [0.5, 0.6) is 0 Å². The molecule has 2 aromatic carbocycles. The predicted octanol–water partition coefficient (Wildman–Crippen LogP) is 4.21. The summed E-state index contributed by atoms with van der Waals surface area (Å²) in [4.78, 5) is 18.6. The van der Waals surface area contributed by atoms with E-state index in [2.05, 4.69) is 22.4 Å². The van der Waals surface area contributed by atoms with E-state index in [1.807, 2.05) is 72.6 Å². The van der Waals surface area contributed by atoms with Crippen LogP contribution in [0.1, 0.15) is 22.5 Å². The molecule has 0 unspecified atom stereocenters. The lowest BCUT2D eigenvalue weighted by atomic mass is 10.1. The van der Waals surface area contributed by atoms with Crippen molar-refractivity contribution in [1.82, 2.24) is 10.3 Å². The maximum atomic E-state index is 12.4. The lowest BCUT2D eigenvalue weighted by molar-refractivity contribution is 0.0948. The molecule has 0 saturated carbocycles. The van der Waals surface area contributed by atoms with E-state index in [1.54, 1.807) is 6.20 Å². The maximum Gasteiger partial charge on any atom is 0.269 e. The van der Waals surface area contributed by atoms with Gasteiger partial charge in [0, 0.05) is 31.2 Å². The lowest BCUT2D eigenvalue weighted by Crippen LogP contribution is -2.26. The Morgan fingerprint density at radius 3 is 2.38 bits per heavy atom. The van der Waals surface area contributed by atoms with Crippen LogP contribution in [-0.4, -0.2) is 24.5 Å². The Hall–Kier alpha value is -3.14. The average Bonchev–Trinajstić information content (AvgIpc) is 2.72. The zero-order valence-corrected chi connectivity index (χ0v) is 14.9. The second kappa shape index (κ2) is 8.81. The van der Waals surface area contributed by atoms with Crippen molar-refractivity contribution in [1.29, 1.82) is 0 Å². The number of hydrogen-bond acceptors (Lipinski definition) is 3. The topological polar surface area (TPSA) is 45.2 Å². The summed E-state index contributed by atoms with van der Waals surface area (Å²) in [7, 11) is 1.98. The van der Waals surface area contributed by atoms with E-state index in [4.69, 9.17) is 0 Å². The maximum absolute atomic E-state index is 12.4. The second-order valence-electron chi connectivity index (χ2n) is 6.14. The number of aryl methyl sites for hydroxylation is 1. The Morgan fingerprint density at radius 2 is 1.65 bits per heavy atom. The Labute approximate surface area is 154 Å². The highest BCUT2D eigenvalue weighted by atomic mass is 16.1. The molecule has 0 aliphatic carbocycles. The SMILES string of the molecule is CN(c1ccccc1)c1ccnc(C(=O)NCCCc2ccccc2)c1. The number of amides is 1. The molecule has 0 aliphatic rings. The van der Waals surface area contributed by atoms with E-state index in [0.717, 1.165) is 24.2 Å². The van der Waals surface area contributed by atoms with Crippen molar-refractivity contribution in [2.24, 2.45) is 0 Å². The number of nitrogens with one attached hydrogen (secondary N) is 1. The summed E-state index contributed by atoms with van der Waals surface area (Å²) < 4.78 is 0. The molecule has 0 spiro atoms. The number of aromatic nitrogens is 1. The van der Waals surface area contributed by atoms with Crippen molar-refractivity contribution in [2.45, 2.75) is 12.8 Å². The number of carbonyl (C=O) groups is 1. The molecule has 4 heteroatoms. The highest BCUT2D eigenvalue weighted by Gasteiger charge is 2.10. The molecule has 0 radical (unpaired) electrons. The number of carbonyl (C=O) groups excluding carboxylic acids is 1. The Kier molecular flexibility index (Phi) is 5.99. The van der Waals surface area contributed by atoms with Crippen molar-refractivity contribution < 1.29 is 4.79 Å². The van der Waals surface area contributed by atoms with Gasteiger partial charge in [-0.05, 0) is 42.7 Å². The largest absolute Gasteiger partial charge is 0.351 e. The monoisotopic (exact) mass is 345 g/mol. The Balaban J connectivity index is 1.56. The summed E-state index contributed by atoms with van der Waals surface area (Å²) in [5, 5.41) is 2.96. The van der Waals surface area contributed by atoms with Gasteiger partial charge in [-0.25, -0.2) is 0 Å². The van der Waals surface area contributed by atoms with Crippen LogP contribution >= 0.6 is 0 Å². The van der Waals surface area contributed by atoms with Gasteiger partial charge in [-0.1, -0.05) is 48.5 Å². The number of benzene rings is 2. The number of anilines is 2. The lowest BCUT2D eigenvalue weighted by Gasteiger charge is -2.19. The van der Waals surface area contributed by atoms with Gasteiger partial charge in [0.1, 0.15) is 5.69 Å². The molecule has 0 aliphatic heterocycles. The molecule has 26 heavy (non-hydrogen) atoms. The smallest absolute Gasteiger partial charge is 0.269 e. The summed E-state index contributed by atoms with van der Waals surface area (Å²) in [6.45, 7) is 0.633. The highest BCUT2D eigenvalue weighted by Crippen LogP contribution is 2.22. The fraction of sp³-hybridized carbons (Fsp3) is 0.182. The van der Waals surface area contributed by atoms with Crippen LogP contribution in [0.15, 0.2) is 79.0 Å². The standard InChI is InChI=1S/C22H23N3O/c1-25(19-12-6-3-7-13-19)20-14-16-23-21(17-20)22(26)24-15-8-11-18-9-4-2-5-10-18/h2-7,9-10,12-14,16-17H,8,11,15H2,1H3,(H,24,26). The second-order valence-corrected chi connectivity index (χ2v) is 6.14. The van der Waals surface area contributed by atoms with Crippen LogP contribution in [0.25, 0.3) is 0 Å². The fourth-order valence-corrected chi connectivity index (χ4v) is 2.78. The minimum Gasteiger partial charge on any atom is -0.351 e. The first kappa shape index (κ1) is 17.7. The van der Waals surface area contributed by atoms with Gasteiger partial charge in [-0.15, -0.1) is 0 Å². The van der Waals surface area contributed by atoms with Crippen LogP contribution in [0.2, 0.25) is 0 Å². The van der Waals surface area contributed by atoms with Gasteiger partial charge in [0.05, 0.1) is 0 Å². The summed E-state index contributed by atoms with van der Waals surface area (Å²) >= 11 is 0. The van der Waals surface area contributed by atoms with Gasteiger partial charge in [-0.3, -0.25) is 9.78 Å². The molecule has 1 amide bonds. The van der Waals surface area contributed by atoms with Gasteiger partial charge in [-0.2, -0.15) is 0 Å². The predicted molar refractivity (Wildman–Crippen MR) is 106 cm³/mol. The molecule has 4 nitrogen and oxygen atoms in total. The van der Waals surface area contributed by atoms with E-state index < -0.39 is 0 Å². The zero-order chi connectivity index (χ0) is 18.2.